The van der Waals surface area contributed by atoms with E-state index in [1.54, 1.807) is 6.92 Å². The first-order chi connectivity index (χ1) is 9.06. The number of nitro groups is 1. The Morgan fingerprint density at radius 2 is 2.37 bits per heavy atom. The summed E-state index contributed by atoms with van der Waals surface area (Å²) in [5.41, 5.74) is -0.172. The van der Waals surface area contributed by atoms with E-state index in [0.717, 1.165) is 0 Å². The zero-order valence-electron chi connectivity index (χ0n) is 9.96. The summed E-state index contributed by atoms with van der Waals surface area (Å²) in [7, 11) is 0. The predicted molar refractivity (Wildman–Crippen MR) is 67.1 cm³/mol. The van der Waals surface area contributed by atoms with E-state index in [0.29, 0.717) is 24.7 Å². The van der Waals surface area contributed by atoms with Gasteiger partial charge in [0.25, 0.3) is 0 Å². The van der Waals surface area contributed by atoms with Crippen LogP contribution in [0.5, 0.6) is 0 Å². The Labute approximate surface area is 112 Å². The van der Waals surface area contributed by atoms with E-state index >= 15 is 0 Å². The highest BCUT2D eigenvalue weighted by Gasteiger charge is 2.15. The van der Waals surface area contributed by atoms with Gasteiger partial charge >= 0.3 is 5.69 Å². The van der Waals surface area contributed by atoms with E-state index in [-0.39, 0.29) is 16.5 Å². The van der Waals surface area contributed by atoms with Crippen molar-refractivity contribution in [2.24, 2.45) is 0 Å². The number of hydrogen-bond acceptors (Lipinski definition) is 7. The summed E-state index contributed by atoms with van der Waals surface area (Å²) in [5, 5.41) is 17.5. The molecule has 0 aliphatic rings. The largest absolute Gasteiger partial charge is 0.364 e. The van der Waals surface area contributed by atoms with Gasteiger partial charge < -0.3 is 9.84 Å². The summed E-state index contributed by atoms with van der Waals surface area (Å²) < 4.78 is 4.92. The van der Waals surface area contributed by atoms with Gasteiger partial charge in [-0.05, 0) is 6.92 Å². The number of aromatic nitrogens is 3. The maximum Gasteiger partial charge on any atom is 0.312 e. The minimum Gasteiger partial charge on any atom is -0.364 e. The molecule has 0 saturated carbocycles. The van der Waals surface area contributed by atoms with Gasteiger partial charge in [0, 0.05) is 25.2 Å². The first-order valence-electron chi connectivity index (χ1n) is 5.39. The number of aryl methyl sites for hydroxylation is 1. The number of pyridine rings is 1. The topological polar surface area (TPSA) is 107 Å². The number of rotatable bonds is 5. The van der Waals surface area contributed by atoms with Crippen molar-refractivity contribution in [1.82, 2.24) is 15.1 Å². The van der Waals surface area contributed by atoms with Crippen LogP contribution in [0.25, 0.3) is 0 Å². The molecular weight excluding hydrogens is 274 g/mol. The van der Waals surface area contributed by atoms with Gasteiger partial charge in [-0.3, -0.25) is 10.1 Å². The van der Waals surface area contributed by atoms with Gasteiger partial charge in [0.1, 0.15) is 0 Å². The van der Waals surface area contributed by atoms with Crippen LogP contribution in [0.3, 0.4) is 0 Å². The molecule has 2 aromatic heterocycles. The van der Waals surface area contributed by atoms with Crippen molar-refractivity contribution in [3.63, 3.8) is 0 Å². The minimum atomic E-state index is -0.544. The molecule has 8 nitrogen and oxygen atoms in total. The van der Waals surface area contributed by atoms with E-state index in [4.69, 9.17) is 16.1 Å². The lowest BCUT2D eigenvalue weighted by molar-refractivity contribution is -0.384. The summed E-state index contributed by atoms with van der Waals surface area (Å²) in [5.74, 6) is 1.16. The molecule has 0 unspecified atom stereocenters. The van der Waals surface area contributed by atoms with Gasteiger partial charge in [-0.1, -0.05) is 16.8 Å². The Morgan fingerprint density at radius 1 is 1.58 bits per heavy atom. The Kier molecular flexibility index (Phi) is 3.91. The molecule has 0 radical (unpaired) electrons. The van der Waals surface area contributed by atoms with Gasteiger partial charge in [-0.2, -0.15) is 4.98 Å². The quantitative estimate of drug-likeness (QED) is 0.660. The van der Waals surface area contributed by atoms with Gasteiger partial charge in [-0.15, -0.1) is 0 Å². The van der Waals surface area contributed by atoms with E-state index in [2.05, 4.69) is 20.4 Å². The van der Waals surface area contributed by atoms with Crippen LogP contribution in [0.4, 0.5) is 11.5 Å². The third-order valence-corrected chi connectivity index (χ3v) is 2.44. The normalized spacial score (nSPS) is 10.4. The van der Waals surface area contributed by atoms with Crippen LogP contribution in [0.2, 0.25) is 5.02 Å². The van der Waals surface area contributed by atoms with Crippen LogP contribution < -0.4 is 5.32 Å². The molecule has 9 heteroatoms. The first-order valence-corrected chi connectivity index (χ1v) is 5.77. The van der Waals surface area contributed by atoms with Crippen molar-refractivity contribution < 1.29 is 9.45 Å². The second-order valence-corrected chi connectivity index (χ2v) is 4.13. The number of anilines is 1. The number of halogens is 1. The second kappa shape index (κ2) is 5.61. The highest BCUT2D eigenvalue weighted by atomic mass is 35.5. The Bertz CT molecular complexity index is 601. The van der Waals surface area contributed by atoms with Gasteiger partial charge in [-0.25, -0.2) is 4.98 Å². The molecule has 1 N–H and O–H groups in total. The fraction of sp³-hybridized carbons (Fsp3) is 0.300. The average molecular weight is 284 g/mol. The third kappa shape index (κ3) is 3.38. The van der Waals surface area contributed by atoms with Gasteiger partial charge in [0.05, 0.1) is 9.95 Å². The van der Waals surface area contributed by atoms with Crippen LogP contribution >= 0.6 is 11.6 Å². The maximum absolute atomic E-state index is 10.8. The molecule has 2 heterocycles. The zero-order chi connectivity index (χ0) is 13.8. The van der Waals surface area contributed by atoms with Crippen LogP contribution in [0.15, 0.2) is 16.8 Å². The van der Waals surface area contributed by atoms with E-state index in [1.165, 1.54) is 12.3 Å². The molecule has 0 saturated heterocycles. The van der Waals surface area contributed by atoms with Crippen molar-refractivity contribution in [2.45, 2.75) is 13.3 Å². The molecule has 2 aromatic rings. The monoisotopic (exact) mass is 283 g/mol. The van der Waals surface area contributed by atoms with Crippen molar-refractivity contribution in [3.05, 3.63) is 39.1 Å². The first kappa shape index (κ1) is 13.2. The van der Waals surface area contributed by atoms with E-state index in [1.807, 2.05) is 0 Å². The van der Waals surface area contributed by atoms with Gasteiger partial charge in [0.15, 0.2) is 5.82 Å². The van der Waals surface area contributed by atoms with Crippen LogP contribution in [-0.2, 0) is 6.42 Å². The Hall–Kier alpha value is -2.22. The SMILES string of the molecule is Cc1noc(CCNc2ncc(Cl)cc2[N+](=O)[O-])n1. The Morgan fingerprint density at radius 3 is 3.00 bits per heavy atom. The molecule has 0 amide bonds. The summed E-state index contributed by atoms with van der Waals surface area (Å²) >= 11 is 5.67. The summed E-state index contributed by atoms with van der Waals surface area (Å²) in [6, 6.07) is 1.24. The molecular formula is C10H10ClN5O3. The van der Waals surface area contributed by atoms with Crippen LogP contribution in [0.1, 0.15) is 11.7 Å². The Balaban J connectivity index is 2.01. The molecule has 0 atom stereocenters. The van der Waals surface area contributed by atoms with Gasteiger partial charge in [0.2, 0.25) is 11.7 Å². The predicted octanol–water partition coefficient (Wildman–Crippen LogP) is 1.99. The van der Waals surface area contributed by atoms with E-state index < -0.39 is 4.92 Å². The molecule has 2 rings (SSSR count). The lowest BCUT2D eigenvalue weighted by Crippen LogP contribution is -2.08. The second-order valence-electron chi connectivity index (χ2n) is 3.69. The number of hydrogen-bond donors (Lipinski definition) is 1. The third-order valence-electron chi connectivity index (χ3n) is 2.23. The summed E-state index contributed by atoms with van der Waals surface area (Å²) in [4.78, 5) is 18.2. The van der Waals surface area contributed by atoms with Crippen molar-refractivity contribution in [2.75, 3.05) is 11.9 Å². The lowest BCUT2D eigenvalue weighted by Gasteiger charge is -2.04. The standard InChI is InChI=1S/C10H10ClN5O3/c1-6-14-9(19-15-6)2-3-12-10-8(16(17)18)4-7(11)5-13-10/h4-5H,2-3H2,1H3,(H,12,13). The average Bonchev–Trinajstić information content (AvgIpc) is 2.77. The lowest BCUT2D eigenvalue weighted by atomic mass is 10.3. The molecule has 0 aliphatic carbocycles. The zero-order valence-corrected chi connectivity index (χ0v) is 10.7. The fourth-order valence-corrected chi connectivity index (χ4v) is 1.59. The molecule has 19 heavy (non-hydrogen) atoms. The highest BCUT2D eigenvalue weighted by Crippen LogP contribution is 2.24. The molecule has 0 bridgehead atoms. The number of nitrogens with zero attached hydrogens (tertiary/aromatic N) is 4. The van der Waals surface area contributed by atoms with Crippen molar-refractivity contribution in [3.8, 4) is 0 Å². The summed E-state index contributed by atoms with van der Waals surface area (Å²) in [6.45, 7) is 2.10. The van der Waals surface area contributed by atoms with Crippen molar-refractivity contribution in [1.29, 1.82) is 0 Å². The van der Waals surface area contributed by atoms with E-state index in [9.17, 15) is 10.1 Å². The molecule has 100 valence electrons. The maximum atomic E-state index is 10.8. The number of nitrogens with one attached hydrogen (secondary N) is 1. The van der Waals surface area contributed by atoms with Crippen molar-refractivity contribution >= 4 is 23.1 Å². The summed E-state index contributed by atoms with van der Waals surface area (Å²) in [6.07, 6.45) is 1.79. The fourth-order valence-electron chi connectivity index (χ4n) is 1.43. The molecule has 0 aromatic carbocycles. The van der Waals surface area contributed by atoms with Crippen LogP contribution in [-0.4, -0.2) is 26.6 Å². The molecule has 0 spiro atoms. The molecule has 0 aliphatic heterocycles. The van der Waals surface area contributed by atoms with Crippen LogP contribution in [0, 0.1) is 17.0 Å². The molecule has 0 fully saturated rings. The smallest absolute Gasteiger partial charge is 0.312 e. The minimum absolute atomic E-state index is 0.158. The highest BCUT2D eigenvalue weighted by molar-refractivity contribution is 6.30.